The van der Waals surface area contributed by atoms with Gasteiger partial charge in [-0.15, -0.1) is 0 Å². The van der Waals surface area contributed by atoms with Crippen molar-refractivity contribution in [2.24, 2.45) is 0 Å². The van der Waals surface area contributed by atoms with E-state index in [2.05, 4.69) is 34.1 Å². The van der Waals surface area contributed by atoms with Crippen LogP contribution in [0.3, 0.4) is 0 Å². The molecule has 4 heteroatoms. The fraction of sp³-hybridized carbons (Fsp3) is 0.600. The van der Waals surface area contributed by atoms with Crippen molar-refractivity contribution in [3.8, 4) is 0 Å². The molecule has 2 aliphatic rings. The van der Waals surface area contributed by atoms with Gasteiger partial charge in [0.1, 0.15) is 0 Å². The highest BCUT2D eigenvalue weighted by atomic mass is 35.5. The van der Waals surface area contributed by atoms with Gasteiger partial charge in [-0.2, -0.15) is 11.8 Å². The summed E-state index contributed by atoms with van der Waals surface area (Å²) in [7, 11) is 0. The van der Waals surface area contributed by atoms with Crippen LogP contribution in [0.25, 0.3) is 0 Å². The number of anilines is 1. The van der Waals surface area contributed by atoms with Crippen molar-refractivity contribution in [3.63, 3.8) is 0 Å². The molecule has 1 aliphatic heterocycles. The summed E-state index contributed by atoms with van der Waals surface area (Å²) >= 11 is 8.26. The fourth-order valence-electron chi connectivity index (χ4n) is 2.51. The smallest absolute Gasteiger partial charge is 0.0427 e. The number of rotatable bonds is 4. The van der Waals surface area contributed by atoms with Gasteiger partial charge in [0.2, 0.25) is 0 Å². The maximum atomic E-state index is 6.20. The second-order valence-electron chi connectivity index (χ2n) is 5.38. The standard InChI is InChI=1S/C15H21ClN2S/c16-13-3-2-12(11-17-14-4-5-14)15(10-13)18-6-1-8-19-9-7-18/h2-3,10,14,17H,1,4-9,11H2. The minimum atomic E-state index is 0.753. The molecule has 1 heterocycles. The van der Waals surface area contributed by atoms with E-state index in [0.29, 0.717) is 0 Å². The Morgan fingerprint density at radius 2 is 2.16 bits per heavy atom. The summed E-state index contributed by atoms with van der Waals surface area (Å²) in [5.41, 5.74) is 2.73. The van der Waals surface area contributed by atoms with Crippen LogP contribution in [-0.4, -0.2) is 30.6 Å². The Bertz CT molecular complexity index is 426. The average Bonchev–Trinajstić information content (AvgIpc) is 3.24. The van der Waals surface area contributed by atoms with Crippen molar-refractivity contribution in [1.82, 2.24) is 5.32 Å². The normalized spacial score (nSPS) is 20.4. The van der Waals surface area contributed by atoms with Gasteiger partial charge in [-0.1, -0.05) is 17.7 Å². The minimum Gasteiger partial charge on any atom is -0.370 e. The summed E-state index contributed by atoms with van der Waals surface area (Å²) < 4.78 is 0. The number of hydrogen-bond acceptors (Lipinski definition) is 3. The van der Waals surface area contributed by atoms with Gasteiger partial charge in [-0.05, 0) is 42.7 Å². The first-order valence-electron chi connectivity index (χ1n) is 7.17. The SMILES string of the molecule is Clc1ccc(CNC2CC2)c(N2CCCSCC2)c1. The highest BCUT2D eigenvalue weighted by Crippen LogP contribution is 2.28. The zero-order chi connectivity index (χ0) is 13.1. The average molecular weight is 297 g/mol. The summed E-state index contributed by atoms with van der Waals surface area (Å²) in [4.78, 5) is 2.51. The van der Waals surface area contributed by atoms with Gasteiger partial charge in [-0.3, -0.25) is 0 Å². The molecule has 1 saturated carbocycles. The first-order valence-corrected chi connectivity index (χ1v) is 8.71. The lowest BCUT2D eigenvalue weighted by Crippen LogP contribution is -2.27. The molecule has 104 valence electrons. The second-order valence-corrected chi connectivity index (χ2v) is 7.04. The summed E-state index contributed by atoms with van der Waals surface area (Å²) in [5.74, 6) is 2.51. The van der Waals surface area contributed by atoms with Crippen molar-refractivity contribution in [2.75, 3.05) is 29.5 Å². The third-order valence-corrected chi connectivity index (χ3v) is 5.05. The maximum absolute atomic E-state index is 6.20. The largest absolute Gasteiger partial charge is 0.370 e. The molecule has 0 aromatic heterocycles. The van der Waals surface area contributed by atoms with Crippen molar-refractivity contribution >= 4 is 29.1 Å². The Morgan fingerprint density at radius 1 is 1.26 bits per heavy atom. The highest BCUT2D eigenvalue weighted by Gasteiger charge is 2.21. The van der Waals surface area contributed by atoms with Crippen LogP contribution in [0.2, 0.25) is 5.02 Å². The predicted octanol–water partition coefficient (Wildman–Crippen LogP) is 3.54. The molecule has 0 unspecified atom stereocenters. The van der Waals surface area contributed by atoms with E-state index in [1.807, 2.05) is 6.07 Å². The molecule has 1 aromatic rings. The number of halogens is 1. The van der Waals surface area contributed by atoms with Gasteiger partial charge in [0.05, 0.1) is 0 Å². The predicted molar refractivity (Wildman–Crippen MR) is 85.5 cm³/mol. The Hall–Kier alpha value is -0.380. The van der Waals surface area contributed by atoms with E-state index < -0.39 is 0 Å². The molecule has 0 amide bonds. The zero-order valence-electron chi connectivity index (χ0n) is 11.2. The lowest BCUT2D eigenvalue weighted by atomic mass is 10.1. The quantitative estimate of drug-likeness (QED) is 0.915. The topological polar surface area (TPSA) is 15.3 Å². The van der Waals surface area contributed by atoms with Crippen LogP contribution in [0.4, 0.5) is 5.69 Å². The zero-order valence-corrected chi connectivity index (χ0v) is 12.8. The van der Waals surface area contributed by atoms with Gasteiger partial charge in [0, 0.05) is 42.1 Å². The Labute approximate surface area is 124 Å². The third-order valence-electron chi connectivity index (χ3n) is 3.77. The molecule has 3 rings (SSSR count). The van der Waals surface area contributed by atoms with E-state index in [1.54, 1.807) is 0 Å². The first kappa shape index (κ1) is 13.6. The van der Waals surface area contributed by atoms with E-state index >= 15 is 0 Å². The minimum absolute atomic E-state index is 0.753. The van der Waals surface area contributed by atoms with Crippen molar-refractivity contribution < 1.29 is 0 Å². The lowest BCUT2D eigenvalue weighted by molar-refractivity contribution is 0.683. The van der Waals surface area contributed by atoms with Gasteiger partial charge in [-0.25, -0.2) is 0 Å². The molecule has 1 saturated heterocycles. The van der Waals surface area contributed by atoms with Crippen LogP contribution < -0.4 is 10.2 Å². The van der Waals surface area contributed by atoms with Gasteiger partial charge >= 0.3 is 0 Å². The molecule has 0 atom stereocenters. The number of nitrogens with zero attached hydrogens (tertiary/aromatic N) is 1. The third kappa shape index (κ3) is 3.80. The fourth-order valence-corrected chi connectivity index (χ4v) is 3.56. The van der Waals surface area contributed by atoms with E-state index in [0.717, 1.165) is 30.7 Å². The van der Waals surface area contributed by atoms with E-state index in [-0.39, 0.29) is 0 Å². The van der Waals surface area contributed by atoms with Crippen LogP contribution in [0.1, 0.15) is 24.8 Å². The Kier molecular flexibility index (Phi) is 4.57. The first-order chi connectivity index (χ1) is 9.33. The molecule has 0 radical (unpaired) electrons. The van der Waals surface area contributed by atoms with Crippen LogP contribution in [-0.2, 0) is 6.54 Å². The summed E-state index contributed by atoms with van der Waals surface area (Å²) in [6.45, 7) is 3.27. The number of hydrogen-bond donors (Lipinski definition) is 1. The van der Waals surface area contributed by atoms with Crippen molar-refractivity contribution in [3.05, 3.63) is 28.8 Å². The van der Waals surface area contributed by atoms with Gasteiger partial charge in [0.25, 0.3) is 0 Å². The Balaban J connectivity index is 1.77. The molecule has 2 nitrogen and oxygen atoms in total. The van der Waals surface area contributed by atoms with Crippen molar-refractivity contribution in [2.45, 2.75) is 31.8 Å². The van der Waals surface area contributed by atoms with E-state index in [1.165, 1.54) is 42.0 Å². The molecule has 0 spiro atoms. The van der Waals surface area contributed by atoms with Gasteiger partial charge in [0.15, 0.2) is 0 Å². The molecule has 1 aliphatic carbocycles. The molecule has 19 heavy (non-hydrogen) atoms. The number of nitrogens with one attached hydrogen (secondary N) is 1. The maximum Gasteiger partial charge on any atom is 0.0427 e. The summed E-state index contributed by atoms with van der Waals surface area (Å²) in [6.07, 6.45) is 3.94. The number of thioether (sulfide) groups is 1. The second kappa shape index (κ2) is 6.38. The van der Waals surface area contributed by atoms with Crippen LogP contribution in [0.15, 0.2) is 18.2 Å². The monoisotopic (exact) mass is 296 g/mol. The molecule has 1 N–H and O–H groups in total. The number of benzene rings is 1. The molecule has 2 fully saturated rings. The van der Waals surface area contributed by atoms with Crippen LogP contribution in [0, 0.1) is 0 Å². The molecular formula is C15H21ClN2S. The Morgan fingerprint density at radius 3 is 3.00 bits per heavy atom. The van der Waals surface area contributed by atoms with E-state index in [9.17, 15) is 0 Å². The molecular weight excluding hydrogens is 276 g/mol. The van der Waals surface area contributed by atoms with Crippen LogP contribution >= 0.6 is 23.4 Å². The van der Waals surface area contributed by atoms with Crippen LogP contribution in [0.5, 0.6) is 0 Å². The van der Waals surface area contributed by atoms with Gasteiger partial charge < -0.3 is 10.2 Å². The lowest BCUT2D eigenvalue weighted by Gasteiger charge is -2.25. The molecule has 1 aromatic carbocycles. The summed E-state index contributed by atoms with van der Waals surface area (Å²) in [5, 5.41) is 4.46. The van der Waals surface area contributed by atoms with Crippen molar-refractivity contribution in [1.29, 1.82) is 0 Å². The molecule has 0 bridgehead atoms. The van der Waals surface area contributed by atoms with E-state index in [4.69, 9.17) is 11.6 Å². The summed E-state index contributed by atoms with van der Waals surface area (Å²) in [6, 6.07) is 7.09. The highest BCUT2D eigenvalue weighted by molar-refractivity contribution is 7.99.